The molecule has 0 spiro atoms. The third-order valence-electron chi connectivity index (χ3n) is 5.51. The van der Waals surface area contributed by atoms with Crippen LogP contribution in [0.2, 0.25) is 0 Å². The molecule has 2 aromatic heterocycles. The van der Waals surface area contributed by atoms with Gasteiger partial charge in [0.1, 0.15) is 6.04 Å². The lowest BCUT2D eigenvalue weighted by Gasteiger charge is -2.26. The summed E-state index contributed by atoms with van der Waals surface area (Å²) in [5.74, 6) is -0.849. The molecule has 32 heavy (non-hydrogen) atoms. The highest BCUT2D eigenvalue weighted by molar-refractivity contribution is 7.14. The highest BCUT2D eigenvalue weighted by atomic mass is 32.1. The minimum absolute atomic E-state index is 0.297. The van der Waals surface area contributed by atoms with Crippen molar-refractivity contribution in [1.29, 1.82) is 0 Å². The van der Waals surface area contributed by atoms with Crippen molar-refractivity contribution in [2.75, 3.05) is 36.5 Å². The molecule has 1 N–H and O–H groups in total. The number of hydrogen-bond donors (Lipinski definition) is 1. The van der Waals surface area contributed by atoms with Crippen LogP contribution in [0.5, 0.6) is 0 Å². The fourth-order valence-electron chi connectivity index (χ4n) is 3.74. The number of carbonyl (C=O) groups excluding carboxylic acids is 1. The van der Waals surface area contributed by atoms with Crippen molar-refractivity contribution in [3.63, 3.8) is 0 Å². The van der Waals surface area contributed by atoms with Crippen LogP contribution in [-0.4, -0.2) is 41.8 Å². The molecule has 4 aromatic rings. The number of carbonyl (C=O) groups is 1. The molecule has 1 unspecified atom stereocenters. The Hall–Kier alpha value is -3.43. The van der Waals surface area contributed by atoms with Crippen molar-refractivity contribution in [3.8, 4) is 11.3 Å². The molecule has 0 bridgehead atoms. The summed E-state index contributed by atoms with van der Waals surface area (Å²) in [7, 11) is 0. The SMILES string of the molecule is CC(C(=O)Nc1ccc(-c2csc(N3CCOCC3)n2)cc1)n1c(=O)oc2ccccc21. The lowest BCUT2D eigenvalue weighted by atomic mass is 10.1. The van der Waals surface area contributed by atoms with Crippen LogP contribution in [0.4, 0.5) is 10.8 Å². The molecular weight excluding hydrogens is 428 g/mol. The Labute approximate surface area is 188 Å². The van der Waals surface area contributed by atoms with Crippen LogP contribution < -0.4 is 16.0 Å². The van der Waals surface area contributed by atoms with Crippen LogP contribution >= 0.6 is 11.3 Å². The van der Waals surface area contributed by atoms with Crippen LogP contribution in [0.1, 0.15) is 13.0 Å². The Bertz CT molecular complexity index is 1300. The molecule has 1 saturated heterocycles. The topological polar surface area (TPSA) is 89.6 Å². The summed E-state index contributed by atoms with van der Waals surface area (Å²) in [5, 5.41) is 5.91. The van der Waals surface area contributed by atoms with Gasteiger partial charge in [-0.2, -0.15) is 0 Å². The predicted molar refractivity (Wildman–Crippen MR) is 124 cm³/mol. The van der Waals surface area contributed by atoms with E-state index in [1.54, 1.807) is 42.5 Å². The van der Waals surface area contributed by atoms with E-state index < -0.39 is 11.8 Å². The van der Waals surface area contributed by atoms with Crippen molar-refractivity contribution in [2.45, 2.75) is 13.0 Å². The van der Waals surface area contributed by atoms with Gasteiger partial charge in [0.2, 0.25) is 5.91 Å². The quantitative estimate of drug-likeness (QED) is 0.498. The van der Waals surface area contributed by atoms with Gasteiger partial charge in [0.05, 0.1) is 24.4 Å². The number of nitrogens with zero attached hydrogens (tertiary/aromatic N) is 3. The Kier molecular flexibility index (Phi) is 5.50. The van der Waals surface area contributed by atoms with E-state index in [1.807, 2.05) is 29.6 Å². The van der Waals surface area contributed by atoms with Gasteiger partial charge in [0, 0.05) is 29.7 Å². The summed E-state index contributed by atoms with van der Waals surface area (Å²) in [6.07, 6.45) is 0. The van der Waals surface area contributed by atoms with E-state index in [0.717, 1.165) is 42.7 Å². The van der Waals surface area contributed by atoms with Gasteiger partial charge in [0.15, 0.2) is 10.7 Å². The zero-order valence-corrected chi connectivity index (χ0v) is 18.3. The van der Waals surface area contributed by atoms with Crippen LogP contribution in [-0.2, 0) is 9.53 Å². The Balaban J connectivity index is 1.29. The molecule has 1 fully saturated rings. The lowest BCUT2D eigenvalue weighted by molar-refractivity contribution is -0.118. The van der Waals surface area contributed by atoms with Crippen LogP contribution in [0.3, 0.4) is 0 Å². The van der Waals surface area contributed by atoms with E-state index in [1.165, 1.54) is 4.57 Å². The third-order valence-corrected chi connectivity index (χ3v) is 6.41. The molecule has 1 aliphatic rings. The molecule has 8 nitrogen and oxygen atoms in total. The maximum Gasteiger partial charge on any atom is 0.420 e. The first kappa shape index (κ1) is 20.5. The number of ether oxygens (including phenoxy) is 1. The van der Waals surface area contributed by atoms with Crippen molar-refractivity contribution in [3.05, 3.63) is 64.5 Å². The number of morpholine rings is 1. The largest absolute Gasteiger partial charge is 0.420 e. The van der Waals surface area contributed by atoms with Crippen molar-refractivity contribution >= 4 is 39.2 Å². The second kappa shape index (κ2) is 8.60. The maximum absolute atomic E-state index is 12.8. The summed E-state index contributed by atoms with van der Waals surface area (Å²) in [4.78, 5) is 32.0. The van der Waals surface area contributed by atoms with E-state index in [-0.39, 0.29) is 5.91 Å². The first-order chi connectivity index (χ1) is 15.6. The van der Waals surface area contributed by atoms with Crippen LogP contribution in [0, 0.1) is 0 Å². The summed E-state index contributed by atoms with van der Waals surface area (Å²) >= 11 is 1.62. The monoisotopic (exact) mass is 450 g/mol. The minimum atomic E-state index is -0.722. The van der Waals surface area contributed by atoms with Gasteiger partial charge < -0.3 is 19.4 Å². The maximum atomic E-state index is 12.8. The van der Waals surface area contributed by atoms with Gasteiger partial charge in [-0.1, -0.05) is 24.3 Å². The highest BCUT2D eigenvalue weighted by Gasteiger charge is 2.21. The van der Waals surface area contributed by atoms with Gasteiger partial charge >= 0.3 is 5.76 Å². The summed E-state index contributed by atoms with van der Waals surface area (Å²) < 4.78 is 12.0. The number of thiazole rings is 1. The van der Waals surface area contributed by atoms with E-state index in [9.17, 15) is 9.59 Å². The fraction of sp³-hybridized carbons (Fsp3) is 0.261. The highest BCUT2D eigenvalue weighted by Crippen LogP contribution is 2.29. The van der Waals surface area contributed by atoms with Gasteiger partial charge in [-0.05, 0) is 31.2 Å². The predicted octanol–water partition coefficient (Wildman–Crippen LogP) is 3.75. The van der Waals surface area contributed by atoms with Gasteiger partial charge in [0.25, 0.3) is 0 Å². The Morgan fingerprint density at radius 3 is 2.66 bits per heavy atom. The van der Waals surface area contributed by atoms with Crippen molar-refractivity contribution in [1.82, 2.24) is 9.55 Å². The van der Waals surface area contributed by atoms with Crippen molar-refractivity contribution < 1.29 is 13.9 Å². The minimum Gasteiger partial charge on any atom is -0.408 e. The average molecular weight is 451 g/mol. The number of hydrogen-bond acceptors (Lipinski definition) is 7. The molecular formula is C23H22N4O4S. The zero-order valence-electron chi connectivity index (χ0n) is 17.5. The standard InChI is InChI=1S/C23H22N4O4S/c1-15(27-19-4-2-3-5-20(19)31-23(27)29)21(28)24-17-8-6-16(7-9-17)18-14-32-22(25-18)26-10-12-30-13-11-26/h2-9,14-15H,10-13H2,1H3,(H,24,28). The van der Waals surface area contributed by atoms with E-state index >= 15 is 0 Å². The summed E-state index contributed by atoms with van der Waals surface area (Å²) in [6.45, 7) is 4.83. The molecule has 1 atom stereocenters. The van der Waals surface area contributed by atoms with Crippen LogP contribution in [0.15, 0.2) is 63.1 Å². The third kappa shape index (κ3) is 3.92. The molecule has 9 heteroatoms. The number of aromatic nitrogens is 2. The van der Waals surface area contributed by atoms with Gasteiger partial charge in [-0.25, -0.2) is 9.78 Å². The first-order valence-electron chi connectivity index (χ1n) is 10.4. The molecule has 164 valence electrons. The van der Waals surface area contributed by atoms with Gasteiger partial charge in [-0.3, -0.25) is 9.36 Å². The van der Waals surface area contributed by atoms with Crippen LogP contribution in [0.25, 0.3) is 22.4 Å². The van der Waals surface area contributed by atoms with Gasteiger partial charge in [-0.15, -0.1) is 11.3 Å². The normalized spacial score (nSPS) is 15.1. The zero-order chi connectivity index (χ0) is 22.1. The molecule has 2 aromatic carbocycles. The number of amides is 1. The summed E-state index contributed by atoms with van der Waals surface area (Å²) in [6, 6.07) is 13.9. The van der Waals surface area contributed by atoms with Crippen molar-refractivity contribution in [2.24, 2.45) is 0 Å². The smallest absolute Gasteiger partial charge is 0.408 e. The number of fused-ring (bicyclic) bond motifs is 1. The molecule has 3 heterocycles. The lowest BCUT2D eigenvalue weighted by Crippen LogP contribution is -2.36. The molecule has 0 radical (unpaired) electrons. The number of anilines is 2. The Morgan fingerprint density at radius 2 is 1.88 bits per heavy atom. The molecule has 0 saturated carbocycles. The summed E-state index contributed by atoms with van der Waals surface area (Å²) in [5.41, 5.74) is 3.58. The first-order valence-corrected chi connectivity index (χ1v) is 11.3. The number of rotatable bonds is 5. The molecule has 1 amide bonds. The number of para-hydroxylation sites is 2. The van der Waals surface area contributed by atoms with E-state index in [0.29, 0.717) is 16.8 Å². The molecule has 5 rings (SSSR count). The fourth-order valence-corrected chi connectivity index (χ4v) is 4.62. The average Bonchev–Trinajstić information content (AvgIpc) is 3.44. The second-order valence-corrected chi connectivity index (χ2v) is 8.40. The number of nitrogens with one attached hydrogen (secondary N) is 1. The Morgan fingerprint density at radius 1 is 1.12 bits per heavy atom. The number of oxazole rings is 1. The van der Waals surface area contributed by atoms with E-state index in [2.05, 4.69) is 10.2 Å². The molecule has 0 aliphatic carbocycles. The number of benzene rings is 2. The second-order valence-electron chi connectivity index (χ2n) is 7.56. The van der Waals surface area contributed by atoms with E-state index in [4.69, 9.17) is 14.1 Å². The molecule has 1 aliphatic heterocycles.